The van der Waals surface area contributed by atoms with Crippen LogP contribution in [0.1, 0.15) is 0 Å². The molecule has 1 atom stereocenters. The molecule has 0 saturated heterocycles. The highest BCUT2D eigenvalue weighted by atomic mass is 79.9. The number of hydrogen-bond acceptors (Lipinski definition) is 5. The topological polar surface area (TPSA) is 102 Å². The van der Waals surface area contributed by atoms with Gasteiger partial charge in [0.05, 0.1) is 29.4 Å². The summed E-state index contributed by atoms with van der Waals surface area (Å²) in [6.07, 6.45) is 0. The van der Waals surface area contributed by atoms with Gasteiger partial charge < -0.3 is 15.6 Å². The van der Waals surface area contributed by atoms with E-state index < -0.39 is 28.5 Å². The van der Waals surface area contributed by atoms with Crippen molar-refractivity contribution < 1.29 is 22.7 Å². The Bertz CT molecular complexity index is 553. The van der Waals surface area contributed by atoms with Gasteiger partial charge >= 0.3 is 0 Å². The second-order valence-electron chi connectivity index (χ2n) is 3.76. The molecule has 0 aliphatic carbocycles. The number of methoxy groups -OCH3 is 1. The third kappa shape index (κ3) is 4.11. The van der Waals surface area contributed by atoms with Gasteiger partial charge in [-0.15, -0.1) is 0 Å². The van der Waals surface area contributed by atoms with Crippen molar-refractivity contribution in [3.63, 3.8) is 0 Å². The highest BCUT2D eigenvalue weighted by Crippen LogP contribution is 2.26. The summed E-state index contributed by atoms with van der Waals surface area (Å²) in [4.78, 5) is -0.268. The van der Waals surface area contributed by atoms with E-state index in [0.717, 1.165) is 12.1 Å². The van der Waals surface area contributed by atoms with E-state index in [2.05, 4.69) is 20.7 Å². The third-order valence-corrected chi connectivity index (χ3v) is 4.44. The van der Waals surface area contributed by atoms with E-state index in [4.69, 9.17) is 15.6 Å². The standard InChI is InChI=1S/C10H14BrFN2O4S/c1-18-5-6(4-15)14-19(16,17)10-2-7(11)8(12)3-9(10)13/h2-3,6,14-15H,4-5,13H2,1H3. The molecule has 0 heterocycles. The first-order valence-corrected chi connectivity index (χ1v) is 7.46. The Balaban J connectivity index is 3.10. The van der Waals surface area contributed by atoms with Crippen LogP contribution in [0.4, 0.5) is 10.1 Å². The summed E-state index contributed by atoms with van der Waals surface area (Å²) in [5.74, 6) is -0.660. The number of benzene rings is 1. The quantitative estimate of drug-likeness (QED) is 0.642. The van der Waals surface area contributed by atoms with Gasteiger partial charge in [0, 0.05) is 7.11 Å². The average molecular weight is 357 g/mol. The van der Waals surface area contributed by atoms with Crippen LogP contribution in [0.2, 0.25) is 0 Å². The summed E-state index contributed by atoms with van der Waals surface area (Å²) in [5, 5.41) is 9.03. The number of hydrogen-bond donors (Lipinski definition) is 3. The van der Waals surface area contributed by atoms with Gasteiger partial charge in [-0.2, -0.15) is 0 Å². The molecule has 0 radical (unpaired) electrons. The van der Waals surface area contributed by atoms with Crippen molar-refractivity contribution in [1.29, 1.82) is 0 Å². The molecule has 9 heteroatoms. The van der Waals surface area contributed by atoms with Crippen molar-refractivity contribution in [2.45, 2.75) is 10.9 Å². The fraction of sp³-hybridized carbons (Fsp3) is 0.400. The Morgan fingerprint density at radius 3 is 2.74 bits per heavy atom. The van der Waals surface area contributed by atoms with Crippen LogP contribution >= 0.6 is 15.9 Å². The lowest BCUT2D eigenvalue weighted by Gasteiger charge is -2.16. The molecule has 108 valence electrons. The number of ether oxygens (including phenoxy) is 1. The first kappa shape index (κ1) is 16.3. The Kier molecular flexibility index (Phi) is 5.68. The summed E-state index contributed by atoms with van der Waals surface area (Å²) >= 11 is 2.89. The maximum atomic E-state index is 13.2. The lowest BCUT2D eigenvalue weighted by atomic mass is 10.3. The molecule has 0 aromatic heterocycles. The molecule has 1 aromatic carbocycles. The lowest BCUT2D eigenvalue weighted by molar-refractivity contribution is 0.139. The second kappa shape index (κ2) is 6.62. The average Bonchev–Trinajstić information content (AvgIpc) is 2.32. The van der Waals surface area contributed by atoms with E-state index in [1.165, 1.54) is 7.11 Å². The summed E-state index contributed by atoms with van der Waals surface area (Å²) in [5.41, 5.74) is 5.27. The van der Waals surface area contributed by atoms with Gasteiger partial charge in [0.1, 0.15) is 10.7 Å². The number of nitrogen functional groups attached to an aromatic ring is 1. The van der Waals surface area contributed by atoms with E-state index in [0.29, 0.717) is 0 Å². The fourth-order valence-electron chi connectivity index (χ4n) is 1.38. The van der Waals surface area contributed by atoms with Crippen LogP contribution in [0.15, 0.2) is 21.5 Å². The Morgan fingerprint density at radius 2 is 2.21 bits per heavy atom. The molecular weight excluding hydrogens is 343 g/mol. The minimum Gasteiger partial charge on any atom is -0.398 e. The lowest BCUT2D eigenvalue weighted by Crippen LogP contribution is -2.40. The van der Waals surface area contributed by atoms with E-state index in [-0.39, 0.29) is 21.7 Å². The molecule has 1 aromatic rings. The number of aliphatic hydroxyl groups excluding tert-OH is 1. The molecule has 19 heavy (non-hydrogen) atoms. The van der Waals surface area contributed by atoms with Gasteiger partial charge in [0.25, 0.3) is 0 Å². The van der Waals surface area contributed by atoms with Crippen molar-refractivity contribution in [3.8, 4) is 0 Å². The number of sulfonamides is 1. The molecule has 0 spiro atoms. The summed E-state index contributed by atoms with van der Waals surface area (Å²) in [6, 6.07) is 1.16. The normalized spacial score (nSPS) is 13.5. The zero-order valence-corrected chi connectivity index (χ0v) is 12.5. The first-order chi connectivity index (χ1) is 8.81. The van der Waals surface area contributed by atoms with E-state index in [1.54, 1.807) is 0 Å². The van der Waals surface area contributed by atoms with Gasteiger partial charge in [-0.1, -0.05) is 0 Å². The van der Waals surface area contributed by atoms with E-state index in [1.807, 2.05) is 0 Å². The SMILES string of the molecule is COCC(CO)NS(=O)(=O)c1cc(Br)c(F)cc1N. The molecule has 0 aliphatic heterocycles. The minimum absolute atomic E-state index is 0.00199. The van der Waals surface area contributed by atoms with E-state index >= 15 is 0 Å². The number of nitrogens with two attached hydrogens (primary N) is 1. The molecule has 1 unspecified atom stereocenters. The van der Waals surface area contributed by atoms with Gasteiger partial charge in [-0.3, -0.25) is 0 Å². The van der Waals surface area contributed by atoms with Gasteiger partial charge in [0.15, 0.2) is 0 Å². The largest absolute Gasteiger partial charge is 0.398 e. The zero-order valence-electron chi connectivity index (χ0n) is 10.1. The van der Waals surface area contributed by atoms with Crippen LogP contribution in [0.3, 0.4) is 0 Å². The predicted octanol–water partition coefficient (Wildman–Crippen LogP) is 0.456. The maximum Gasteiger partial charge on any atom is 0.243 e. The van der Waals surface area contributed by atoms with E-state index in [9.17, 15) is 12.8 Å². The minimum atomic E-state index is -3.98. The summed E-state index contributed by atoms with van der Waals surface area (Å²) in [6.45, 7) is -0.437. The third-order valence-electron chi connectivity index (χ3n) is 2.25. The molecule has 1 rings (SSSR count). The number of halogens is 2. The highest BCUT2D eigenvalue weighted by molar-refractivity contribution is 9.10. The maximum absolute atomic E-state index is 13.2. The van der Waals surface area contributed by atoms with Crippen LogP contribution < -0.4 is 10.5 Å². The summed E-state index contributed by atoms with van der Waals surface area (Å²) < 4.78 is 44.3. The number of anilines is 1. The van der Waals surface area contributed by atoms with Crippen LogP contribution in [-0.2, 0) is 14.8 Å². The van der Waals surface area contributed by atoms with Gasteiger partial charge in [0.2, 0.25) is 10.0 Å². The van der Waals surface area contributed by atoms with Crippen molar-refractivity contribution in [1.82, 2.24) is 4.72 Å². The van der Waals surface area contributed by atoms with Crippen LogP contribution in [0, 0.1) is 5.82 Å². The highest BCUT2D eigenvalue weighted by Gasteiger charge is 2.23. The number of rotatable bonds is 6. The van der Waals surface area contributed by atoms with Gasteiger partial charge in [-0.25, -0.2) is 17.5 Å². The van der Waals surface area contributed by atoms with Crippen molar-refractivity contribution in [2.75, 3.05) is 26.1 Å². The molecule has 0 saturated carbocycles. The first-order valence-electron chi connectivity index (χ1n) is 5.18. The molecular formula is C10H14BrFN2O4S. The Labute approximate surface area is 118 Å². The second-order valence-corrected chi connectivity index (χ2v) is 6.30. The molecule has 0 amide bonds. The van der Waals surface area contributed by atoms with Crippen LogP contribution in [0.5, 0.6) is 0 Å². The predicted molar refractivity (Wildman–Crippen MR) is 71.6 cm³/mol. The fourth-order valence-corrected chi connectivity index (χ4v) is 3.23. The van der Waals surface area contributed by atoms with Crippen molar-refractivity contribution in [3.05, 3.63) is 22.4 Å². The van der Waals surface area contributed by atoms with Crippen molar-refractivity contribution >= 4 is 31.6 Å². The zero-order chi connectivity index (χ0) is 14.6. The number of nitrogens with one attached hydrogen (secondary N) is 1. The molecule has 0 aliphatic rings. The van der Waals surface area contributed by atoms with Gasteiger partial charge in [-0.05, 0) is 28.1 Å². The Hall–Kier alpha value is -0.740. The molecule has 0 fully saturated rings. The molecule has 6 nitrogen and oxygen atoms in total. The number of aliphatic hydroxyl groups is 1. The van der Waals surface area contributed by atoms with Crippen LogP contribution in [0.25, 0.3) is 0 Å². The molecule has 0 bridgehead atoms. The van der Waals surface area contributed by atoms with Crippen LogP contribution in [-0.4, -0.2) is 39.9 Å². The monoisotopic (exact) mass is 356 g/mol. The summed E-state index contributed by atoms with van der Waals surface area (Å²) in [7, 11) is -2.60. The molecule has 4 N–H and O–H groups in total. The van der Waals surface area contributed by atoms with Crippen molar-refractivity contribution in [2.24, 2.45) is 0 Å². The Morgan fingerprint density at radius 1 is 1.58 bits per heavy atom. The smallest absolute Gasteiger partial charge is 0.243 e.